The second-order valence-corrected chi connectivity index (χ2v) is 8.49. The predicted molar refractivity (Wildman–Crippen MR) is 93.1 cm³/mol. The molecule has 1 aromatic heterocycles. The van der Waals surface area contributed by atoms with Gasteiger partial charge in [-0.2, -0.15) is 0 Å². The van der Waals surface area contributed by atoms with E-state index >= 15 is 0 Å². The number of carbonyl (C=O) groups is 1. The third kappa shape index (κ3) is 4.39. The first kappa shape index (κ1) is 17.9. The Labute approximate surface area is 149 Å². The summed E-state index contributed by atoms with van der Waals surface area (Å²) in [7, 11) is -2.24. The molecular weight excluding hydrogens is 364 g/mol. The van der Waals surface area contributed by atoms with E-state index in [4.69, 9.17) is 4.42 Å². The van der Waals surface area contributed by atoms with Gasteiger partial charge < -0.3 is 9.73 Å². The van der Waals surface area contributed by atoms with Crippen LogP contribution >= 0.6 is 11.8 Å². The van der Waals surface area contributed by atoms with E-state index in [9.17, 15) is 13.2 Å². The van der Waals surface area contributed by atoms with Gasteiger partial charge in [-0.1, -0.05) is 17.8 Å². The molecule has 1 amide bonds. The van der Waals surface area contributed by atoms with Crippen molar-refractivity contribution in [3.63, 3.8) is 0 Å². The Morgan fingerprint density at radius 1 is 1.36 bits per heavy atom. The van der Waals surface area contributed by atoms with Crippen LogP contribution in [0.5, 0.6) is 0 Å². The Hall–Kier alpha value is -1.91. The maximum Gasteiger partial charge on any atom is 0.277 e. The van der Waals surface area contributed by atoms with Crippen LogP contribution < -0.4 is 10.0 Å². The van der Waals surface area contributed by atoms with Crippen LogP contribution in [0.3, 0.4) is 0 Å². The summed E-state index contributed by atoms with van der Waals surface area (Å²) < 4.78 is 31.7. The maximum absolute atomic E-state index is 12.1. The molecule has 2 N–H and O–H groups in total. The fraction of sp³-hybridized carbons (Fsp3) is 0.400. The number of benzene rings is 1. The van der Waals surface area contributed by atoms with Gasteiger partial charge >= 0.3 is 0 Å². The molecule has 134 valence electrons. The number of sulfonamides is 1. The van der Waals surface area contributed by atoms with Crippen LogP contribution in [-0.2, 0) is 14.8 Å². The van der Waals surface area contributed by atoms with Crippen LogP contribution in [0.4, 0.5) is 5.69 Å². The molecule has 1 aromatic carbocycles. The average Bonchev–Trinajstić information content (AvgIpc) is 3.33. The van der Waals surface area contributed by atoms with Crippen LogP contribution in [0.25, 0.3) is 0 Å². The van der Waals surface area contributed by atoms with E-state index in [2.05, 4.69) is 20.2 Å². The van der Waals surface area contributed by atoms with E-state index in [-0.39, 0.29) is 16.6 Å². The molecule has 0 aliphatic heterocycles. The Bertz CT molecular complexity index is 891. The number of rotatable bonds is 7. The molecule has 1 aliphatic carbocycles. The molecule has 10 heteroatoms. The largest absolute Gasteiger partial charge is 0.416 e. The highest BCUT2D eigenvalue weighted by molar-refractivity contribution is 7.99. The zero-order valence-corrected chi connectivity index (χ0v) is 15.4. The fourth-order valence-electron chi connectivity index (χ4n) is 2.18. The lowest BCUT2D eigenvalue weighted by molar-refractivity contribution is -0.113. The third-order valence-corrected chi connectivity index (χ3v) is 6.08. The molecule has 1 aliphatic rings. The first-order chi connectivity index (χ1) is 11.9. The topological polar surface area (TPSA) is 114 Å². The third-order valence-electron chi connectivity index (χ3n) is 3.71. The lowest BCUT2D eigenvalue weighted by Crippen LogP contribution is -2.20. The SMILES string of the molecule is CNS(=O)(=O)c1cc(NC(=O)CSc2nnc(C3CC3)o2)ccc1C. The molecule has 1 fully saturated rings. The van der Waals surface area contributed by atoms with Gasteiger partial charge in [-0.15, -0.1) is 10.2 Å². The summed E-state index contributed by atoms with van der Waals surface area (Å²) in [4.78, 5) is 12.2. The van der Waals surface area contributed by atoms with Gasteiger partial charge in [0.15, 0.2) is 0 Å². The van der Waals surface area contributed by atoms with Gasteiger partial charge in [0.05, 0.1) is 10.6 Å². The molecular formula is C15H18N4O4S2. The molecule has 25 heavy (non-hydrogen) atoms. The minimum atomic E-state index is -3.58. The van der Waals surface area contributed by atoms with Crippen LogP contribution in [-0.4, -0.2) is 37.3 Å². The highest BCUT2D eigenvalue weighted by Gasteiger charge is 2.29. The minimum absolute atomic E-state index is 0.0916. The number of nitrogens with zero attached hydrogens (tertiary/aromatic N) is 2. The zero-order valence-electron chi connectivity index (χ0n) is 13.8. The van der Waals surface area contributed by atoms with E-state index < -0.39 is 10.0 Å². The van der Waals surface area contributed by atoms with Gasteiger partial charge in [0.2, 0.25) is 21.8 Å². The Morgan fingerprint density at radius 2 is 2.12 bits per heavy atom. The molecule has 1 saturated carbocycles. The number of aryl methyl sites for hydroxylation is 1. The van der Waals surface area contributed by atoms with E-state index in [1.54, 1.807) is 19.1 Å². The average molecular weight is 382 g/mol. The lowest BCUT2D eigenvalue weighted by atomic mass is 10.2. The van der Waals surface area contributed by atoms with Gasteiger partial charge in [0, 0.05) is 11.6 Å². The molecule has 0 saturated heterocycles. The summed E-state index contributed by atoms with van der Waals surface area (Å²) in [6.07, 6.45) is 2.14. The van der Waals surface area contributed by atoms with Gasteiger partial charge in [0.1, 0.15) is 0 Å². The van der Waals surface area contributed by atoms with E-state index in [1.165, 1.54) is 13.1 Å². The van der Waals surface area contributed by atoms with Crippen molar-refractivity contribution in [2.45, 2.75) is 35.8 Å². The second-order valence-electron chi connectivity index (χ2n) is 5.71. The van der Waals surface area contributed by atoms with Crippen molar-refractivity contribution in [1.82, 2.24) is 14.9 Å². The molecule has 0 spiro atoms. The predicted octanol–water partition coefficient (Wildman–Crippen LogP) is 1.89. The van der Waals surface area contributed by atoms with Gasteiger partial charge in [-0.05, 0) is 44.5 Å². The van der Waals surface area contributed by atoms with Crippen molar-refractivity contribution in [1.29, 1.82) is 0 Å². The Balaban J connectivity index is 1.61. The Morgan fingerprint density at radius 3 is 2.80 bits per heavy atom. The molecule has 0 atom stereocenters. The van der Waals surface area contributed by atoms with Gasteiger partial charge in [-0.25, -0.2) is 13.1 Å². The van der Waals surface area contributed by atoms with E-state index in [1.807, 2.05) is 0 Å². The van der Waals surface area contributed by atoms with Gasteiger partial charge in [0.25, 0.3) is 5.22 Å². The van der Waals surface area contributed by atoms with E-state index in [0.717, 1.165) is 24.6 Å². The highest BCUT2D eigenvalue weighted by Crippen LogP contribution is 2.39. The molecule has 3 rings (SSSR count). The van der Waals surface area contributed by atoms with Crippen molar-refractivity contribution in [3.05, 3.63) is 29.7 Å². The molecule has 1 heterocycles. The van der Waals surface area contributed by atoms with Crippen molar-refractivity contribution >= 4 is 33.4 Å². The van der Waals surface area contributed by atoms with Crippen molar-refractivity contribution in [3.8, 4) is 0 Å². The second kappa shape index (κ2) is 7.14. The van der Waals surface area contributed by atoms with E-state index in [0.29, 0.717) is 28.3 Å². The summed E-state index contributed by atoms with van der Waals surface area (Å²) in [6.45, 7) is 1.69. The first-order valence-corrected chi connectivity index (χ1v) is 10.2. The quantitative estimate of drug-likeness (QED) is 0.703. The molecule has 8 nitrogen and oxygen atoms in total. The van der Waals surface area contributed by atoms with Crippen molar-refractivity contribution in [2.75, 3.05) is 18.1 Å². The van der Waals surface area contributed by atoms with Crippen molar-refractivity contribution < 1.29 is 17.6 Å². The van der Waals surface area contributed by atoms with Crippen LogP contribution in [0.1, 0.15) is 30.2 Å². The summed E-state index contributed by atoms with van der Waals surface area (Å²) in [5.41, 5.74) is 1.01. The normalized spacial score (nSPS) is 14.5. The number of hydrogen-bond donors (Lipinski definition) is 2. The van der Waals surface area contributed by atoms with Crippen LogP contribution in [0, 0.1) is 6.92 Å². The number of nitrogens with one attached hydrogen (secondary N) is 2. The number of amides is 1. The minimum Gasteiger partial charge on any atom is -0.416 e. The zero-order chi connectivity index (χ0) is 18.0. The number of anilines is 1. The van der Waals surface area contributed by atoms with Crippen LogP contribution in [0.15, 0.2) is 32.7 Å². The number of hydrogen-bond acceptors (Lipinski definition) is 7. The first-order valence-electron chi connectivity index (χ1n) is 7.69. The standard InChI is InChI=1S/C15H18N4O4S2/c1-9-3-6-11(7-12(9)25(21,22)16-2)17-13(20)8-24-15-19-18-14(23-15)10-4-5-10/h3,6-7,10,16H,4-5,8H2,1-2H3,(H,17,20). The molecule has 0 radical (unpaired) electrons. The number of carbonyl (C=O) groups excluding carboxylic acids is 1. The monoisotopic (exact) mass is 382 g/mol. The lowest BCUT2D eigenvalue weighted by Gasteiger charge is -2.10. The molecule has 0 bridgehead atoms. The number of aromatic nitrogens is 2. The molecule has 2 aromatic rings. The van der Waals surface area contributed by atoms with Gasteiger partial charge in [-0.3, -0.25) is 4.79 Å². The summed E-state index contributed by atoms with van der Waals surface area (Å²) in [6, 6.07) is 4.74. The smallest absolute Gasteiger partial charge is 0.277 e. The Kier molecular flexibility index (Phi) is 5.11. The highest BCUT2D eigenvalue weighted by atomic mass is 32.2. The number of thioether (sulfide) groups is 1. The summed E-state index contributed by atoms with van der Waals surface area (Å²) >= 11 is 1.15. The maximum atomic E-state index is 12.1. The summed E-state index contributed by atoms with van der Waals surface area (Å²) in [5.74, 6) is 0.806. The summed E-state index contributed by atoms with van der Waals surface area (Å²) in [5, 5.41) is 10.9. The van der Waals surface area contributed by atoms with Crippen molar-refractivity contribution in [2.24, 2.45) is 0 Å². The van der Waals surface area contributed by atoms with Crippen LogP contribution in [0.2, 0.25) is 0 Å². The molecule has 0 unspecified atom stereocenters. The fourth-order valence-corrected chi connectivity index (χ4v) is 3.74.